The fourth-order valence-corrected chi connectivity index (χ4v) is 2.30. The van der Waals surface area contributed by atoms with Gasteiger partial charge in [-0.15, -0.1) is 0 Å². The average Bonchev–Trinajstić information content (AvgIpc) is 3.17. The molecule has 0 aliphatic heterocycles. The predicted molar refractivity (Wildman–Crippen MR) is 75.0 cm³/mol. The highest BCUT2D eigenvalue weighted by Crippen LogP contribution is 2.30. The lowest BCUT2D eigenvalue weighted by Gasteiger charge is -2.15. The third-order valence-electron chi connectivity index (χ3n) is 3.05. The molecule has 1 N–H and O–H groups in total. The van der Waals surface area contributed by atoms with E-state index in [4.69, 9.17) is 4.74 Å². The summed E-state index contributed by atoms with van der Waals surface area (Å²) in [5.74, 6) is 0.622. The van der Waals surface area contributed by atoms with Crippen LogP contribution in [0.15, 0.2) is 18.2 Å². The topological polar surface area (TPSA) is 21.3 Å². The van der Waals surface area contributed by atoms with Crippen molar-refractivity contribution in [1.82, 2.24) is 5.32 Å². The van der Waals surface area contributed by atoms with Crippen LogP contribution in [-0.2, 0) is 6.54 Å². The molecule has 1 saturated carbocycles. The molecule has 0 unspecified atom stereocenters. The number of para-hydroxylation sites is 1. The molecule has 2 nitrogen and oxygen atoms in total. The minimum absolute atomic E-state index is 0.0478. The summed E-state index contributed by atoms with van der Waals surface area (Å²) >= 11 is -0.0478. The number of halogens is 3. The number of nitrogens with one attached hydrogen (secondary N) is 1. The van der Waals surface area contributed by atoms with Crippen molar-refractivity contribution in [2.45, 2.75) is 37.9 Å². The van der Waals surface area contributed by atoms with Gasteiger partial charge < -0.3 is 10.1 Å². The SMILES string of the molecule is Cc1cccc(CNC2CC2)c1OCCSC(F)(F)F. The Kier molecular flexibility index (Phi) is 5.21. The van der Waals surface area contributed by atoms with E-state index in [2.05, 4.69) is 5.32 Å². The summed E-state index contributed by atoms with van der Waals surface area (Å²) in [5, 5.41) is 3.39. The van der Waals surface area contributed by atoms with Crippen molar-refractivity contribution in [1.29, 1.82) is 0 Å². The van der Waals surface area contributed by atoms with Crippen LogP contribution in [0.5, 0.6) is 5.75 Å². The molecule has 0 amide bonds. The molecule has 0 bridgehead atoms. The molecule has 1 aliphatic rings. The fourth-order valence-electron chi connectivity index (χ4n) is 1.90. The van der Waals surface area contributed by atoms with E-state index in [9.17, 15) is 13.2 Å². The molecule has 0 atom stereocenters. The van der Waals surface area contributed by atoms with Crippen LogP contribution >= 0.6 is 11.8 Å². The molecule has 2 rings (SSSR count). The van der Waals surface area contributed by atoms with Gasteiger partial charge in [0.25, 0.3) is 0 Å². The number of hydrogen-bond acceptors (Lipinski definition) is 3. The van der Waals surface area contributed by atoms with Crippen molar-refractivity contribution in [3.63, 3.8) is 0 Å². The van der Waals surface area contributed by atoms with Crippen LogP contribution in [0, 0.1) is 6.92 Å². The molecule has 6 heteroatoms. The molecule has 1 aromatic carbocycles. The van der Waals surface area contributed by atoms with E-state index in [-0.39, 0.29) is 24.1 Å². The molecule has 112 valence electrons. The van der Waals surface area contributed by atoms with Gasteiger partial charge in [0.2, 0.25) is 0 Å². The number of thioether (sulfide) groups is 1. The number of rotatable bonds is 7. The van der Waals surface area contributed by atoms with E-state index in [1.165, 1.54) is 12.8 Å². The summed E-state index contributed by atoms with van der Waals surface area (Å²) < 4.78 is 41.7. The third-order valence-corrected chi connectivity index (χ3v) is 3.75. The Hall–Kier alpha value is -0.880. The minimum Gasteiger partial charge on any atom is -0.492 e. The van der Waals surface area contributed by atoms with Crippen molar-refractivity contribution in [3.05, 3.63) is 29.3 Å². The van der Waals surface area contributed by atoms with E-state index in [1.807, 2.05) is 25.1 Å². The summed E-state index contributed by atoms with van der Waals surface area (Å²) in [6, 6.07) is 6.39. The molecule has 0 saturated heterocycles. The first-order valence-corrected chi connectivity index (χ1v) is 7.59. The van der Waals surface area contributed by atoms with Gasteiger partial charge in [-0.25, -0.2) is 0 Å². The lowest BCUT2D eigenvalue weighted by atomic mass is 10.1. The largest absolute Gasteiger partial charge is 0.492 e. The molecule has 0 aromatic heterocycles. The Labute approximate surface area is 121 Å². The molecule has 1 fully saturated rings. The zero-order valence-corrected chi connectivity index (χ0v) is 12.1. The zero-order valence-electron chi connectivity index (χ0n) is 11.3. The first-order valence-electron chi connectivity index (χ1n) is 6.61. The lowest BCUT2D eigenvalue weighted by molar-refractivity contribution is -0.0329. The fraction of sp³-hybridized carbons (Fsp3) is 0.571. The van der Waals surface area contributed by atoms with E-state index in [0.717, 1.165) is 11.1 Å². The second-order valence-corrected chi connectivity index (χ2v) is 6.02. The Bertz CT molecular complexity index is 447. The molecule has 20 heavy (non-hydrogen) atoms. The number of aryl methyl sites for hydroxylation is 1. The number of ether oxygens (including phenoxy) is 1. The van der Waals surface area contributed by atoms with Crippen molar-refractivity contribution in [2.75, 3.05) is 12.4 Å². The second-order valence-electron chi connectivity index (χ2n) is 4.86. The van der Waals surface area contributed by atoms with E-state index in [1.54, 1.807) is 0 Å². The maximum absolute atomic E-state index is 12.1. The summed E-state index contributed by atoms with van der Waals surface area (Å²) in [7, 11) is 0. The third kappa shape index (κ3) is 5.25. The van der Waals surface area contributed by atoms with Gasteiger partial charge >= 0.3 is 5.51 Å². The maximum Gasteiger partial charge on any atom is 0.441 e. The normalized spacial score (nSPS) is 15.4. The van der Waals surface area contributed by atoms with Gasteiger partial charge in [0.15, 0.2) is 0 Å². The van der Waals surface area contributed by atoms with Gasteiger partial charge in [-0.1, -0.05) is 18.2 Å². The minimum atomic E-state index is -4.19. The summed E-state index contributed by atoms with van der Waals surface area (Å²) in [5.41, 5.74) is -2.23. The van der Waals surface area contributed by atoms with Gasteiger partial charge in [0, 0.05) is 23.9 Å². The van der Waals surface area contributed by atoms with Crippen molar-refractivity contribution in [3.8, 4) is 5.75 Å². The van der Waals surface area contributed by atoms with Crippen LogP contribution in [0.1, 0.15) is 24.0 Å². The Balaban J connectivity index is 1.87. The first-order chi connectivity index (χ1) is 9.46. The quantitative estimate of drug-likeness (QED) is 0.773. The van der Waals surface area contributed by atoms with Crippen LogP contribution in [0.25, 0.3) is 0 Å². The van der Waals surface area contributed by atoms with Crippen LogP contribution < -0.4 is 10.1 Å². The molecule has 1 aromatic rings. The van der Waals surface area contributed by atoms with E-state index < -0.39 is 5.51 Å². The van der Waals surface area contributed by atoms with Crippen molar-refractivity contribution < 1.29 is 17.9 Å². The molecule has 0 spiro atoms. The molecular weight excluding hydrogens is 287 g/mol. The van der Waals surface area contributed by atoms with Crippen molar-refractivity contribution >= 4 is 11.8 Å². The Morgan fingerprint density at radius 1 is 1.35 bits per heavy atom. The smallest absolute Gasteiger partial charge is 0.441 e. The monoisotopic (exact) mass is 305 g/mol. The summed E-state index contributed by atoms with van der Waals surface area (Å²) in [6.07, 6.45) is 2.40. The van der Waals surface area contributed by atoms with Crippen LogP contribution in [-0.4, -0.2) is 23.9 Å². The van der Waals surface area contributed by atoms with Gasteiger partial charge in [0.1, 0.15) is 5.75 Å². The van der Waals surface area contributed by atoms with Crippen LogP contribution in [0.3, 0.4) is 0 Å². The summed E-state index contributed by atoms with van der Waals surface area (Å²) in [4.78, 5) is 0. The standard InChI is InChI=1S/C14H18F3NOS/c1-10-3-2-4-11(9-18-12-5-6-12)13(10)19-7-8-20-14(15,16)17/h2-4,12,18H,5-9H2,1H3. The van der Waals surface area contributed by atoms with Crippen LogP contribution in [0.2, 0.25) is 0 Å². The molecular formula is C14H18F3NOS. The second kappa shape index (κ2) is 6.72. The first kappa shape index (κ1) is 15.5. The molecule has 0 radical (unpaired) electrons. The highest BCUT2D eigenvalue weighted by atomic mass is 32.2. The predicted octanol–water partition coefficient (Wildman–Crippen LogP) is 3.88. The molecule has 1 aliphatic carbocycles. The van der Waals surface area contributed by atoms with E-state index in [0.29, 0.717) is 18.3 Å². The molecule has 0 heterocycles. The Morgan fingerprint density at radius 3 is 2.75 bits per heavy atom. The number of alkyl halides is 3. The number of benzene rings is 1. The Morgan fingerprint density at radius 2 is 2.10 bits per heavy atom. The van der Waals surface area contributed by atoms with Gasteiger partial charge in [-0.3, -0.25) is 0 Å². The van der Waals surface area contributed by atoms with Gasteiger partial charge in [-0.2, -0.15) is 13.2 Å². The van der Waals surface area contributed by atoms with Gasteiger partial charge in [-0.05, 0) is 37.1 Å². The average molecular weight is 305 g/mol. The van der Waals surface area contributed by atoms with Gasteiger partial charge in [0.05, 0.1) is 6.61 Å². The maximum atomic E-state index is 12.1. The van der Waals surface area contributed by atoms with E-state index >= 15 is 0 Å². The lowest BCUT2D eigenvalue weighted by Crippen LogP contribution is -2.17. The zero-order chi connectivity index (χ0) is 14.6. The highest BCUT2D eigenvalue weighted by Gasteiger charge is 2.27. The van der Waals surface area contributed by atoms with Crippen LogP contribution in [0.4, 0.5) is 13.2 Å². The summed E-state index contributed by atoms with van der Waals surface area (Å²) in [6.45, 7) is 2.67. The van der Waals surface area contributed by atoms with Crippen molar-refractivity contribution in [2.24, 2.45) is 0 Å². The number of hydrogen-bond donors (Lipinski definition) is 1. The highest BCUT2D eigenvalue weighted by molar-refractivity contribution is 8.00.